The van der Waals surface area contributed by atoms with Gasteiger partial charge >= 0.3 is 5.97 Å². The predicted octanol–water partition coefficient (Wildman–Crippen LogP) is 7.05. The molecule has 3 aromatic carbocycles. The lowest BCUT2D eigenvalue weighted by molar-refractivity contribution is -0.160. The Labute approximate surface area is 310 Å². The van der Waals surface area contributed by atoms with E-state index in [0.29, 0.717) is 22.6 Å². The van der Waals surface area contributed by atoms with Crippen LogP contribution in [0.4, 0.5) is 0 Å². The fourth-order valence-corrected chi connectivity index (χ4v) is 12.3. The molecule has 0 unspecified atom stereocenters. The summed E-state index contributed by atoms with van der Waals surface area (Å²) in [6.45, 7) is 13.9. The first-order valence-corrected chi connectivity index (χ1v) is 22.0. The van der Waals surface area contributed by atoms with Crippen LogP contribution in [-0.4, -0.2) is 60.3 Å². The minimum absolute atomic E-state index is 0.00499. The van der Waals surface area contributed by atoms with Crippen LogP contribution in [0.5, 0.6) is 0 Å². The summed E-state index contributed by atoms with van der Waals surface area (Å²) in [6.07, 6.45) is 3.29. The Bertz CT molecular complexity index is 1780. The summed E-state index contributed by atoms with van der Waals surface area (Å²) in [7, 11) is -1.05. The van der Waals surface area contributed by atoms with Gasteiger partial charge in [0.25, 0.3) is 0 Å². The van der Waals surface area contributed by atoms with E-state index in [1.54, 1.807) is 17.2 Å². The number of pyridine rings is 1. The number of esters is 1. The Morgan fingerprint density at radius 1 is 0.922 bits per heavy atom. The normalized spacial score (nSPS) is 17.3. The van der Waals surface area contributed by atoms with Crippen LogP contribution in [0.3, 0.4) is 0 Å². The van der Waals surface area contributed by atoms with Gasteiger partial charge in [0.1, 0.15) is 12.0 Å². The number of amides is 1. The average Bonchev–Trinajstić information content (AvgIpc) is 3.14. The molecule has 51 heavy (non-hydrogen) atoms. The maximum absolute atomic E-state index is 15.3. The maximum atomic E-state index is 15.3. The summed E-state index contributed by atoms with van der Waals surface area (Å²) >= 11 is 6.19. The Balaban J connectivity index is 1.91. The van der Waals surface area contributed by atoms with Crippen LogP contribution in [0, 0.1) is 23.2 Å². The van der Waals surface area contributed by atoms with Gasteiger partial charge in [0, 0.05) is 30.5 Å². The van der Waals surface area contributed by atoms with Crippen molar-refractivity contribution in [3.8, 4) is 0 Å². The maximum Gasteiger partial charge on any atom is 0.356 e. The fourth-order valence-electron chi connectivity index (χ4n) is 7.13. The second-order valence-corrected chi connectivity index (χ2v) is 20.0. The zero-order valence-corrected chi connectivity index (χ0v) is 33.1. The third kappa shape index (κ3) is 7.80. The molecule has 1 aliphatic heterocycles. The van der Waals surface area contributed by atoms with Gasteiger partial charge < -0.3 is 14.1 Å². The minimum Gasteiger partial charge on any atom is -0.457 e. The molecule has 265 valence electrons. The molecule has 0 aliphatic carbocycles. The van der Waals surface area contributed by atoms with Gasteiger partial charge in [-0.2, -0.15) is 0 Å². The summed E-state index contributed by atoms with van der Waals surface area (Å²) in [5.41, 5.74) is 0.724. The van der Waals surface area contributed by atoms with E-state index in [-0.39, 0.29) is 29.8 Å². The van der Waals surface area contributed by atoms with Gasteiger partial charge in [0.15, 0.2) is 0 Å². The molecular formula is C42H48N2O4PSSi. The van der Waals surface area contributed by atoms with E-state index in [1.807, 2.05) is 72.8 Å². The monoisotopic (exact) mass is 735 g/mol. The number of benzene rings is 3. The highest BCUT2D eigenvalue weighted by Gasteiger charge is 2.60. The number of ether oxygens (including phenoxy) is 1. The number of aromatic nitrogens is 1. The summed E-state index contributed by atoms with van der Waals surface area (Å²) in [4.78, 5) is 37.3. The first-order valence-electron chi connectivity index (χ1n) is 17.4. The SMILES string of the molecule is C=CCOC(=O)C(N1C(=O)[C@@H]([C@@H](CO[Si](C)C)C(C)(C)C)[C@@H]1[C@@H](C)C(=S)c1ccccn1)=P(c1ccccc1)(c1ccccc1)c1ccccc1. The quantitative estimate of drug-likeness (QED) is 0.0263. The second-order valence-electron chi connectivity index (χ2n) is 14.2. The lowest BCUT2D eigenvalue weighted by atomic mass is 9.63. The van der Waals surface area contributed by atoms with E-state index in [4.69, 9.17) is 21.4 Å². The van der Waals surface area contributed by atoms with Crippen LogP contribution < -0.4 is 15.9 Å². The molecule has 1 radical (unpaired) electrons. The molecule has 1 fully saturated rings. The van der Waals surface area contributed by atoms with E-state index >= 15 is 9.59 Å². The van der Waals surface area contributed by atoms with Crippen molar-refractivity contribution in [2.45, 2.75) is 46.8 Å². The molecule has 1 aromatic heterocycles. The molecule has 6 nitrogen and oxygen atoms in total. The zero-order valence-electron chi connectivity index (χ0n) is 30.4. The molecule has 0 saturated carbocycles. The summed E-state index contributed by atoms with van der Waals surface area (Å²) < 4.78 is 12.4. The summed E-state index contributed by atoms with van der Waals surface area (Å²) in [6, 6.07) is 35.4. The number of hydrogen-bond acceptors (Lipinski definition) is 6. The summed E-state index contributed by atoms with van der Waals surface area (Å²) in [5.74, 6) is -1.65. The smallest absolute Gasteiger partial charge is 0.356 e. The molecule has 0 N–H and O–H groups in total. The van der Waals surface area contributed by atoms with E-state index in [1.165, 1.54) is 0 Å². The number of carbonyl (C=O) groups is 2. The van der Waals surface area contributed by atoms with Crippen LogP contribution in [0.15, 0.2) is 128 Å². The van der Waals surface area contributed by atoms with E-state index in [2.05, 4.69) is 88.8 Å². The Morgan fingerprint density at radius 3 is 1.86 bits per heavy atom. The van der Waals surface area contributed by atoms with Gasteiger partial charge in [-0.25, -0.2) is 4.79 Å². The van der Waals surface area contributed by atoms with Gasteiger partial charge in [-0.1, -0.05) is 150 Å². The topological polar surface area (TPSA) is 68.7 Å². The Morgan fingerprint density at radius 2 is 1.43 bits per heavy atom. The largest absolute Gasteiger partial charge is 0.457 e. The Kier molecular flexibility index (Phi) is 12.5. The lowest BCUT2D eigenvalue weighted by Crippen LogP contribution is -2.71. The molecular weight excluding hydrogens is 688 g/mol. The molecule has 0 bridgehead atoms. The van der Waals surface area contributed by atoms with Crippen molar-refractivity contribution in [1.82, 2.24) is 9.88 Å². The number of carbonyl (C=O) groups excluding carboxylic acids is 2. The first kappa shape index (κ1) is 38.3. The van der Waals surface area contributed by atoms with Crippen molar-refractivity contribution in [2.24, 2.45) is 23.2 Å². The molecule has 2 heterocycles. The van der Waals surface area contributed by atoms with Gasteiger partial charge in [-0.15, -0.1) is 0 Å². The number of rotatable bonds is 14. The molecule has 1 aliphatic rings. The van der Waals surface area contributed by atoms with Gasteiger partial charge in [0.2, 0.25) is 14.9 Å². The zero-order chi connectivity index (χ0) is 36.8. The highest BCUT2D eigenvalue weighted by atomic mass is 32.1. The third-order valence-corrected chi connectivity index (χ3v) is 15.2. The van der Waals surface area contributed by atoms with Crippen LogP contribution >= 0.6 is 19.1 Å². The van der Waals surface area contributed by atoms with Crippen molar-refractivity contribution in [3.05, 3.63) is 134 Å². The van der Waals surface area contributed by atoms with Gasteiger partial charge in [-0.05, 0) is 52.5 Å². The van der Waals surface area contributed by atoms with Crippen molar-refractivity contribution in [3.63, 3.8) is 0 Å². The third-order valence-electron chi connectivity index (χ3n) is 9.62. The Hall–Kier alpha value is -3.94. The lowest BCUT2D eigenvalue weighted by Gasteiger charge is -2.56. The van der Waals surface area contributed by atoms with Gasteiger partial charge in [0.05, 0.1) is 17.7 Å². The van der Waals surface area contributed by atoms with Crippen LogP contribution in [0.25, 0.3) is 0 Å². The number of hydrogen-bond donors (Lipinski definition) is 0. The van der Waals surface area contributed by atoms with Crippen LogP contribution in [0.2, 0.25) is 13.1 Å². The van der Waals surface area contributed by atoms with E-state index in [9.17, 15) is 0 Å². The van der Waals surface area contributed by atoms with Crippen molar-refractivity contribution >= 4 is 66.2 Å². The molecule has 4 atom stereocenters. The average molecular weight is 736 g/mol. The number of nitrogens with zero attached hydrogens (tertiary/aromatic N) is 2. The first-order chi connectivity index (χ1) is 24.4. The molecule has 0 spiro atoms. The second kappa shape index (κ2) is 16.6. The predicted molar refractivity (Wildman–Crippen MR) is 217 cm³/mol. The van der Waals surface area contributed by atoms with Crippen molar-refractivity contribution in [1.29, 1.82) is 0 Å². The van der Waals surface area contributed by atoms with Crippen molar-refractivity contribution in [2.75, 3.05) is 13.2 Å². The van der Waals surface area contributed by atoms with Crippen molar-refractivity contribution < 1.29 is 18.8 Å². The van der Waals surface area contributed by atoms with Crippen LogP contribution in [-0.2, 0) is 18.8 Å². The molecule has 1 amide bonds. The fraction of sp³-hybridized carbons (Fsp3) is 0.310. The van der Waals surface area contributed by atoms with Crippen LogP contribution in [0.1, 0.15) is 33.4 Å². The molecule has 4 aromatic rings. The molecule has 5 rings (SSSR count). The molecule has 9 heteroatoms. The summed E-state index contributed by atoms with van der Waals surface area (Å²) in [5, 5.41) is 2.80. The van der Waals surface area contributed by atoms with Gasteiger partial charge in [-0.3, -0.25) is 9.78 Å². The highest BCUT2D eigenvalue weighted by molar-refractivity contribution is 7.96. The highest BCUT2D eigenvalue weighted by Crippen LogP contribution is 2.52. The number of likely N-dealkylation sites (tertiary alicyclic amines) is 1. The van der Waals surface area contributed by atoms with E-state index in [0.717, 1.165) is 15.9 Å². The number of thiocarbonyl (C=S) groups is 1. The number of β-lactam (4-membered cyclic amide) rings is 1. The minimum atomic E-state index is -3.10. The standard InChI is InChI=1S/C42H48N2O4PSSi/c1-8-28-47-41(46)40(49(31-20-12-9-13-21-31,32-22-14-10-15-23-32)33-24-16-11-17-25-33)44-37(30(2)38(50)35-26-18-19-27-43-35)36(39(44)45)34(42(3,4)5)29-48-51(6)7/h8-27,30,34,36-37H,1,28-29H2,2-7H3/t30-,34-,36+,37+/m1/s1. The molecule has 1 saturated heterocycles. The van der Waals surface area contributed by atoms with E-state index < -0.39 is 33.9 Å².